The number of hydrogen-bond acceptors (Lipinski definition) is 3. The summed E-state index contributed by atoms with van der Waals surface area (Å²) in [5, 5.41) is 2.98. The van der Waals surface area contributed by atoms with Crippen LogP contribution in [0.2, 0.25) is 0 Å². The highest BCUT2D eigenvalue weighted by Gasteiger charge is 2.25. The van der Waals surface area contributed by atoms with Crippen LogP contribution in [0.5, 0.6) is 5.75 Å². The molecule has 0 saturated heterocycles. The number of benzene rings is 2. The summed E-state index contributed by atoms with van der Waals surface area (Å²) in [6.45, 7) is 6.06. The second-order valence-electron chi connectivity index (χ2n) is 8.43. The van der Waals surface area contributed by atoms with Gasteiger partial charge in [0.25, 0.3) is 0 Å². The molecule has 2 amide bonds. The molecule has 0 radical (unpaired) electrons. The molecule has 160 valence electrons. The number of carbonyl (C=O) groups excluding carboxylic acids is 2. The highest BCUT2D eigenvalue weighted by Crippen LogP contribution is 2.36. The van der Waals surface area contributed by atoms with Gasteiger partial charge in [0.05, 0.1) is 13.7 Å². The van der Waals surface area contributed by atoms with Gasteiger partial charge in [-0.15, -0.1) is 0 Å². The van der Waals surface area contributed by atoms with E-state index in [-0.39, 0.29) is 24.3 Å². The van der Waals surface area contributed by atoms with E-state index >= 15 is 0 Å². The van der Waals surface area contributed by atoms with Crippen molar-refractivity contribution in [2.75, 3.05) is 26.0 Å². The predicted octanol–water partition coefficient (Wildman–Crippen LogP) is 4.53. The van der Waals surface area contributed by atoms with Gasteiger partial charge in [-0.05, 0) is 80.3 Å². The number of ether oxygens (including phenoxy) is 1. The lowest BCUT2D eigenvalue weighted by Gasteiger charge is -2.27. The van der Waals surface area contributed by atoms with Crippen LogP contribution in [0.3, 0.4) is 0 Å². The van der Waals surface area contributed by atoms with Gasteiger partial charge >= 0.3 is 0 Å². The van der Waals surface area contributed by atoms with Crippen LogP contribution in [0.4, 0.5) is 5.69 Å². The summed E-state index contributed by atoms with van der Waals surface area (Å²) in [5.41, 5.74) is 6.57. The lowest BCUT2D eigenvalue weighted by molar-refractivity contribution is -0.133. The Morgan fingerprint density at radius 1 is 1.13 bits per heavy atom. The smallest absolute Gasteiger partial charge is 0.243 e. The minimum Gasteiger partial charge on any atom is -0.497 e. The highest BCUT2D eigenvalue weighted by atomic mass is 16.5. The Bertz CT molecular complexity index is 928. The van der Waals surface area contributed by atoms with Crippen LogP contribution in [0, 0.1) is 20.8 Å². The summed E-state index contributed by atoms with van der Waals surface area (Å²) in [5.74, 6) is 0.876. The standard InChI is InChI=1S/C25H32N2O3/c1-16-11-17(2)25(18(3)12-16)26-23(28)15-27(4)24(29)14-20-8-6-7-19-13-21(30-5)9-10-22(19)20/h9-13,20H,6-8,14-15H2,1-5H3,(H,26,28). The first-order valence-corrected chi connectivity index (χ1v) is 10.6. The van der Waals surface area contributed by atoms with E-state index in [4.69, 9.17) is 4.74 Å². The molecule has 0 spiro atoms. The third kappa shape index (κ3) is 5.02. The van der Waals surface area contributed by atoms with E-state index in [0.717, 1.165) is 41.8 Å². The molecule has 0 fully saturated rings. The van der Waals surface area contributed by atoms with Crippen molar-refractivity contribution in [3.05, 3.63) is 58.1 Å². The van der Waals surface area contributed by atoms with Gasteiger partial charge in [-0.3, -0.25) is 9.59 Å². The van der Waals surface area contributed by atoms with Crippen molar-refractivity contribution in [2.24, 2.45) is 0 Å². The molecule has 1 N–H and O–H groups in total. The number of carbonyl (C=O) groups is 2. The van der Waals surface area contributed by atoms with E-state index in [1.54, 1.807) is 14.2 Å². The number of amides is 2. The van der Waals surface area contributed by atoms with Gasteiger partial charge in [0.15, 0.2) is 0 Å². The molecule has 3 rings (SSSR count). The average molecular weight is 409 g/mol. The minimum absolute atomic E-state index is 0.00355. The summed E-state index contributed by atoms with van der Waals surface area (Å²) < 4.78 is 5.33. The summed E-state index contributed by atoms with van der Waals surface area (Å²) in [6.07, 6.45) is 3.50. The number of nitrogens with one attached hydrogen (secondary N) is 1. The van der Waals surface area contributed by atoms with Crippen molar-refractivity contribution in [1.29, 1.82) is 0 Å². The van der Waals surface area contributed by atoms with E-state index in [9.17, 15) is 9.59 Å². The van der Waals surface area contributed by atoms with Gasteiger partial charge in [0, 0.05) is 19.2 Å². The monoisotopic (exact) mass is 408 g/mol. The van der Waals surface area contributed by atoms with Crippen molar-refractivity contribution >= 4 is 17.5 Å². The summed E-state index contributed by atoms with van der Waals surface area (Å²) >= 11 is 0. The molecule has 1 aliphatic rings. The van der Waals surface area contributed by atoms with Crippen LogP contribution < -0.4 is 10.1 Å². The summed E-state index contributed by atoms with van der Waals surface area (Å²) in [6, 6.07) is 10.2. The molecule has 1 unspecified atom stereocenters. The normalized spacial score (nSPS) is 15.3. The van der Waals surface area contributed by atoms with E-state index in [0.29, 0.717) is 6.42 Å². The molecule has 0 bridgehead atoms. The molecule has 0 aromatic heterocycles. The Morgan fingerprint density at radius 3 is 2.50 bits per heavy atom. The molecule has 2 aromatic rings. The minimum atomic E-state index is -0.172. The van der Waals surface area contributed by atoms with E-state index < -0.39 is 0 Å². The van der Waals surface area contributed by atoms with Crippen molar-refractivity contribution in [3.63, 3.8) is 0 Å². The SMILES string of the molecule is COc1ccc2c(c1)CCCC2CC(=O)N(C)CC(=O)Nc1c(C)cc(C)cc1C. The Labute approximate surface area is 179 Å². The number of methoxy groups -OCH3 is 1. The molecule has 1 atom stereocenters. The second-order valence-corrected chi connectivity index (χ2v) is 8.43. The first-order chi connectivity index (χ1) is 14.3. The Morgan fingerprint density at radius 2 is 1.83 bits per heavy atom. The van der Waals surface area contributed by atoms with E-state index in [2.05, 4.69) is 17.4 Å². The van der Waals surface area contributed by atoms with Crippen LogP contribution in [0.25, 0.3) is 0 Å². The summed E-state index contributed by atoms with van der Waals surface area (Å²) in [7, 11) is 3.37. The largest absolute Gasteiger partial charge is 0.497 e. The molecule has 0 aliphatic heterocycles. The van der Waals surface area contributed by atoms with Gasteiger partial charge in [-0.2, -0.15) is 0 Å². The highest BCUT2D eigenvalue weighted by molar-refractivity contribution is 5.95. The quantitative estimate of drug-likeness (QED) is 0.764. The van der Waals surface area contributed by atoms with Crippen LogP contribution >= 0.6 is 0 Å². The maximum absolute atomic E-state index is 12.8. The zero-order valence-corrected chi connectivity index (χ0v) is 18.7. The Hall–Kier alpha value is -2.82. The van der Waals surface area contributed by atoms with Crippen LogP contribution in [0.1, 0.15) is 53.0 Å². The molecular formula is C25H32N2O3. The van der Waals surface area contributed by atoms with Crippen molar-refractivity contribution in [3.8, 4) is 5.75 Å². The van der Waals surface area contributed by atoms with Crippen molar-refractivity contribution < 1.29 is 14.3 Å². The number of rotatable bonds is 6. The molecule has 1 aliphatic carbocycles. The fraction of sp³-hybridized carbons (Fsp3) is 0.440. The molecular weight excluding hydrogens is 376 g/mol. The van der Waals surface area contributed by atoms with Gasteiger partial charge in [0.2, 0.25) is 11.8 Å². The summed E-state index contributed by atoms with van der Waals surface area (Å²) in [4.78, 5) is 26.9. The van der Waals surface area contributed by atoms with Gasteiger partial charge in [-0.25, -0.2) is 0 Å². The first-order valence-electron chi connectivity index (χ1n) is 10.6. The number of anilines is 1. The fourth-order valence-electron chi connectivity index (χ4n) is 4.46. The lowest BCUT2D eigenvalue weighted by Crippen LogP contribution is -2.36. The van der Waals surface area contributed by atoms with E-state index in [1.165, 1.54) is 21.6 Å². The molecule has 2 aromatic carbocycles. The number of aryl methyl sites for hydroxylation is 4. The van der Waals surface area contributed by atoms with Crippen molar-refractivity contribution in [1.82, 2.24) is 4.90 Å². The topological polar surface area (TPSA) is 58.6 Å². The van der Waals surface area contributed by atoms with Gasteiger partial charge in [-0.1, -0.05) is 23.8 Å². The van der Waals surface area contributed by atoms with Gasteiger partial charge < -0.3 is 15.0 Å². The molecule has 0 heterocycles. The van der Waals surface area contributed by atoms with Crippen molar-refractivity contribution in [2.45, 2.75) is 52.4 Å². The van der Waals surface area contributed by atoms with E-state index in [1.807, 2.05) is 39.0 Å². The van der Waals surface area contributed by atoms with Crippen LogP contribution in [0.15, 0.2) is 30.3 Å². The second kappa shape index (κ2) is 9.33. The number of fused-ring (bicyclic) bond motifs is 1. The third-order valence-corrected chi connectivity index (χ3v) is 5.96. The lowest BCUT2D eigenvalue weighted by atomic mass is 9.81. The zero-order chi connectivity index (χ0) is 21.8. The zero-order valence-electron chi connectivity index (χ0n) is 18.7. The van der Waals surface area contributed by atoms with Gasteiger partial charge in [0.1, 0.15) is 5.75 Å². The Balaban J connectivity index is 1.61. The maximum Gasteiger partial charge on any atom is 0.243 e. The number of likely N-dealkylation sites (N-methyl/N-ethyl adjacent to an activating group) is 1. The predicted molar refractivity (Wildman–Crippen MR) is 120 cm³/mol. The molecule has 5 heteroatoms. The van der Waals surface area contributed by atoms with Crippen LogP contribution in [-0.2, 0) is 16.0 Å². The molecule has 5 nitrogen and oxygen atoms in total. The number of hydrogen-bond donors (Lipinski definition) is 1. The average Bonchev–Trinajstić information content (AvgIpc) is 2.70. The molecule has 0 saturated carbocycles. The Kier molecular flexibility index (Phi) is 6.80. The third-order valence-electron chi connectivity index (χ3n) is 5.96. The number of nitrogens with zero attached hydrogens (tertiary/aromatic N) is 1. The molecule has 30 heavy (non-hydrogen) atoms. The first kappa shape index (κ1) is 21.9. The maximum atomic E-state index is 12.8. The fourth-order valence-corrected chi connectivity index (χ4v) is 4.46. The van der Waals surface area contributed by atoms with Crippen LogP contribution in [-0.4, -0.2) is 37.4 Å².